The minimum absolute atomic E-state index is 0.0316. The molecule has 9 heteroatoms. The maximum Gasteiger partial charge on any atom is 0.313 e. The fourth-order valence-corrected chi connectivity index (χ4v) is 3.24. The van der Waals surface area contributed by atoms with Crippen molar-refractivity contribution in [2.24, 2.45) is 0 Å². The van der Waals surface area contributed by atoms with Crippen LogP contribution in [0.2, 0.25) is 0 Å². The molecule has 1 N–H and O–H groups in total. The van der Waals surface area contributed by atoms with Gasteiger partial charge < -0.3 is 9.67 Å². The fourth-order valence-electron chi connectivity index (χ4n) is 1.71. The molecule has 0 amide bonds. The Kier molecular flexibility index (Phi) is 4.71. The summed E-state index contributed by atoms with van der Waals surface area (Å²) in [4.78, 5) is 11.6. The predicted molar refractivity (Wildman–Crippen MR) is 77.0 cm³/mol. The molecule has 2 aromatic rings. The Morgan fingerprint density at radius 2 is 2.15 bits per heavy atom. The zero-order valence-electron chi connectivity index (χ0n) is 11.4. The molecular weight excluding hydrogens is 298 g/mol. The van der Waals surface area contributed by atoms with Crippen molar-refractivity contribution in [3.63, 3.8) is 0 Å². The highest BCUT2D eigenvalue weighted by Crippen LogP contribution is 2.31. The summed E-state index contributed by atoms with van der Waals surface area (Å²) < 4.78 is 5.89. The first-order chi connectivity index (χ1) is 9.54. The smallest absolute Gasteiger partial charge is 0.313 e. The average Bonchev–Trinajstić information content (AvgIpc) is 3.01. The van der Waals surface area contributed by atoms with Crippen LogP contribution in [0.25, 0.3) is 10.7 Å². The van der Waals surface area contributed by atoms with E-state index in [0.29, 0.717) is 17.5 Å². The third kappa shape index (κ3) is 2.98. The van der Waals surface area contributed by atoms with Crippen molar-refractivity contribution in [3.8, 4) is 10.7 Å². The molecule has 20 heavy (non-hydrogen) atoms. The van der Waals surface area contributed by atoms with Gasteiger partial charge in [-0.15, -0.1) is 15.3 Å². The molecule has 2 rings (SSSR count). The van der Waals surface area contributed by atoms with Crippen molar-refractivity contribution in [1.29, 1.82) is 0 Å². The number of hydrogen-bond donors (Lipinski definition) is 1. The van der Waals surface area contributed by atoms with Crippen LogP contribution in [0.15, 0.2) is 5.16 Å². The monoisotopic (exact) mass is 313 g/mol. The van der Waals surface area contributed by atoms with Gasteiger partial charge in [-0.2, -0.15) is 0 Å². The molecule has 0 saturated carbocycles. The summed E-state index contributed by atoms with van der Waals surface area (Å²) in [6.45, 7) is 6.74. The Labute approximate surface area is 124 Å². The van der Waals surface area contributed by atoms with E-state index in [0.717, 1.165) is 10.6 Å². The van der Waals surface area contributed by atoms with E-state index < -0.39 is 5.97 Å². The topological polar surface area (TPSA) is 93.8 Å². The highest BCUT2D eigenvalue weighted by Gasteiger charge is 2.21. The molecule has 0 saturated heterocycles. The number of rotatable bonds is 6. The van der Waals surface area contributed by atoms with Crippen molar-refractivity contribution in [2.45, 2.75) is 38.4 Å². The molecule has 7 nitrogen and oxygen atoms in total. The second kappa shape index (κ2) is 6.31. The first-order valence-electron chi connectivity index (χ1n) is 6.15. The summed E-state index contributed by atoms with van der Waals surface area (Å²) in [7, 11) is 0. The number of aromatic nitrogens is 5. The van der Waals surface area contributed by atoms with Gasteiger partial charge in [0.2, 0.25) is 0 Å². The van der Waals surface area contributed by atoms with Crippen LogP contribution in [0, 0.1) is 0 Å². The number of aliphatic carboxylic acids is 1. The van der Waals surface area contributed by atoms with Crippen molar-refractivity contribution < 1.29 is 9.90 Å². The first kappa shape index (κ1) is 14.9. The van der Waals surface area contributed by atoms with E-state index in [1.165, 1.54) is 23.3 Å². The molecule has 0 aromatic carbocycles. The molecular formula is C11H15N5O2S2. The van der Waals surface area contributed by atoms with Gasteiger partial charge in [0.1, 0.15) is 4.88 Å². The Bertz CT molecular complexity index is 608. The van der Waals surface area contributed by atoms with Crippen LogP contribution in [0.4, 0.5) is 0 Å². The van der Waals surface area contributed by atoms with Gasteiger partial charge in [-0.3, -0.25) is 4.79 Å². The van der Waals surface area contributed by atoms with Crippen molar-refractivity contribution in [3.05, 3.63) is 5.69 Å². The van der Waals surface area contributed by atoms with Gasteiger partial charge in [0.25, 0.3) is 0 Å². The maximum atomic E-state index is 10.7. The summed E-state index contributed by atoms with van der Waals surface area (Å²) in [5.41, 5.74) is 0.895. The highest BCUT2D eigenvalue weighted by atomic mass is 32.2. The summed E-state index contributed by atoms with van der Waals surface area (Å²) >= 11 is 2.45. The zero-order valence-corrected chi connectivity index (χ0v) is 13.0. The van der Waals surface area contributed by atoms with E-state index in [-0.39, 0.29) is 11.7 Å². The summed E-state index contributed by atoms with van der Waals surface area (Å²) in [6.07, 6.45) is 0. The fraction of sp³-hybridized carbons (Fsp3) is 0.545. The summed E-state index contributed by atoms with van der Waals surface area (Å²) in [6, 6.07) is 0. The number of carbonyl (C=O) groups is 1. The number of carboxylic acids is 1. The minimum Gasteiger partial charge on any atom is -0.481 e. The Balaban J connectivity index is 2.37. The van der Waals surface area contributed by atoms with Crippen LogP contribution in [0.1, 0.15) is 32.4 Å². The van der Waals surface area contributed by atoms with Crippen molar-refractivity contribution in [2.75, 3.05) is 5.75 Å². The van der Waals surface area contributed by atoms with Gasteiger partial charge in [0.15, 0.2) is 11.0 Å². The number of thioether (sulfide) groups is 1. The van der Waals surface area contributed by atoms with Crippen molar-refractivity contribution >= 4 is 29.3 Å². The van der Waals surface area contributed by atoms with Gasteiger partial charge in [-0.25, -0.2) is 0 Å². The lowest BCUT2D eigenvalue weighted by molar-refractivity contribution is -0.133. The third-order valence-corrected chi connectivity index (χ3v) is 4.31. The molecule has 0 aliphatic heterocycles. The van der Waals surface area contributed by atoms with Crippen LogP contribution in [-0.4, -0.2) is 41.2 Å². The summed E-state index contributed by atoms with van der Waals surface area (Å²) in [5, 5.41) is 21.8. The number of carboxylic acid groups (broad SMARTS) is 1. The molecule has 0 unspecified atom stereocenters. The first-order valence-corrected chi connectivity index (χ1v) is 7.90. The molecule has 108 valence electrons. The normalized spacial score (nSPS) is 11.2. The minimum atomic E-state index is -0.871. The van der Waals surface area contributed by atoms with E-state index in [2.05, 4.69) is 19.8 Å². The standard InChI is InChI=1S/C11H15N5O2S2/c1-4-16-10(9-8(6(2)3)12-15-20-9)13-14-11(16)19-5-7(17)18/h6H,4-5H2,1-3H3,(H,17,18). The van der Waals surface area contributed by atoms with Crippen LogP contribution in [0.3, 0.4) is 0 Å². The van der Waals surface area contributed by atoms with E-state index in [1.54, 1.807) is 0 Å². The highest BCUT2D eigenvalue weighted by molar-refractivity contribution is 7.99. The van der Waals surface area contributed by atoms with Gasteiger partial charge >= 0.3 is 5.97 Å². The van der Waals surface area contributed by atoms with E-state index in [9.17, 15) is 4.79 Å². The molecule has 0 atom stereocenters. The van der Waals surface area contributed by atoms with Gasteiger partial charge in [0.05, 0.1) is 11.4 Å². The van der Waals surface area contributed by atoms with Gasteiger partial charge in [-0.1, -0.05) is 30.1 Å². The molecule has 0 fully saturated rings. The Morgan fingerprint density at radius 3 is 2.75 bits per heavy atom. The molecule has 0 spiro atoms. The molecule has 0 aliphatic rings. The molecule has 2 heterocycles. The lowest BCUT2D eigenvalue weighted by atomic mass is 10.1. The van der Waals surface area contributed by atoms with Gasteiger partial charge in [-0.05, 0) is 24.4 Å². The number of hydrogen-bond acceptors (Lipinski definition) is 7. The predicted octanol–water partition coefficient (Wildman–Crippen LogP) is 2.12. The number of nitrogens with zero attached hydrogens (tertiary/aromatic N) is 5. The summed E-state index contributed by atoms with van der Waals surface area (Å²) in [5.74, 6) is 0.0559. The largest absolute Gasteiger partial charge is 0.481 e. The van der Waals surface area contributed by atoms with E-state index >= 15 is 0 Å². The maximum absolute atomic E-state index is 10.7. The van der Waals surface area contributed by atoms with Crippen LogP contribution in [0.5, 0.6) is 0 Å². The SMILES string of the molecule is CCn1c(SCC(=O)O)nnc1-c1snnc1C(C)C. The Morgan fingerprint density at radius 1 is 1.40 bits per heavy atom. The Hall–Kier alpha value is -1.48. The van der Waals surface area contributed by atoms with E-state index in [4.69, 9.17) is 5.11 Å². The molecule has 0 radical (unpaired) electrons. The lowest BCUT2D eigenvalue weighted by Gasteiger charge is -2.07. The molecule has 0 bridgehead atoms. The second-order valence-corrected chi connectivity index (χ2v) is 6.07. The van der Waals surface area contributed by atoms with Crippen LogP contribution < -0.4 is 0 Å². The zero-order chi connectivity index (χ0) is 14.7. The second-order valence-electron chi connectivity index (χ2n) is 4.37. The van der Waals surface area contributed by atoms with Crippen molar-refractivity contribution in [1.82, 2.24) is 24.4 Å². The lowest BCUT2D eigenvalue weighted by Crippen LogP contribution is -2.03. The van der Waals surface area contributed by atoms with E-state index in [1.807, 2.05) is 25.3 Å². The van der Waals surface area contributed by atoms with Gasteiger partial charge in [0, 0.05) is 6.54 Å². The molecule has 2 aromatic heterocycles. The molecule has 0 aliphatic carbocycles. The average molecular weight is 313 g/mol. The quantitative estimate of drug-likeness (QED) is 0.816. The van der Waals surface area contributed by atoms with Crippen LogP contribution >= 0.6 is 23.3 Å². The van der Waals surface area contributed by atoms with Crippen LogP contribution in [-0.2, 0) is 11.3 Å². The third-order valence-electron chi connectivity index (χ3n) is 2.62.